The lowest BCUT2D eigenvalue weighted by atomic mass is 9.90. The molecule has 0 saturated carbocycles. The minimum Gasteiger partial charge on any atom is -0.409 e. The number of carbonyl (C=O) groups excluding carboxylic acids is 1. The van der Waals surface area contributed by atoms with E-state index in [4.69, 9.17) is 16.0 Å². The molecule has 6 heteroatoms. The van der Waals surface area contributed by atoms with Gasteiger partial charge in [0.1, 0.15) is 5.41 Å². The number of likely N-dealkylation sites (N-methyl/N-ethyl adjacent to an activating group) is 1. The molecule has 1 amide bonds. The number of amides is 1. The number of hydrogen-bond donors (Lipinski definition) is 3. The molecule has 0 aliphatic rings. The topological polar surface area (TPSA) is 99.2 Å². The van der Waals surface area contributed by atoms with E-state index in [0.29, 0.717) is 0 Å². The molecule has 1 atom stereocenters. The number of amidine groups is 1. The van der Waals surface area contributed by atoms with Crippen LogP contribution >= 0.6 is 0 Å². The van der Waals surface area contributed by atoms with Crippen LogP contribution in [0.2, 0.25) is 0 Å². The molecule has 0 bridgehead atoms. The van der Waals surface area contributed by atoms with Crippen LogP contribution in [0.1, 0.15) is 20.8 Å². The highest BCUT2D eigenvalue weighted by molar-refractivity contribution is 6.05. The highest BCUT2D eigenvalue weighted by Crippen LogP contribution is 2.18. The fraction of sp³-hybridized carbons (Fsp3) is 0.778. The van der Waals surface area contributed by atoms with E-state index in [0.717, 1.165) is 0 Å². The molecular formula is C9H19N3O3. The lowest BCUT2D eigenvalue weighted by molar-refractivity contribution is -0.136. The Hall–Kier alpha value is -1.30. The number of rotatable bonds is 4. The SMILES string of the molecule is CC(O)CN(C)C(=O)C(C)(C)C(N)=NO. The quantitative estimate of drug-likeness (QED) is 0.258. The summed E-state index contributed by atoms with van der Waals surface area (Å²) in [5.74, 6) is -0.455. The van der Waals surface area contributed by atoms with Gasteiger partial charge in [0.05, 0.1) is 6.10 Å². The molecule has 0 aromatic carbocycles. The summed E-state index contributed by atoms with van der Waals surface area (Å²) in [6.45, 7) is 4.91. The van der Waals surface area contributed by atoms with E-state index in [1.165, 1.54) is 4.90 Å². The van der Waals surface area contributed by atoms with Crippen molar-refractivity contribution in [1.82, 2.24) is 4.90 Å². The number of aliphatic hydroxyl groups is 1. The highest BCUT2D eigenvalue weighted by atomic mass is 16.4. The molecule has 4 N–H and O–H groups in total. The van der Waals surface area contributed by atoms with Gasteiger partial charge >= 0.3 is 0 Å². The van der Waals surface area contributed by atoms with Gasteiger partial charge in [-0.25, -0.2) is 0 Å². The zero-order valence-electron chi connectivity index (χ0n) is 9.56. The minimum atomic E-state index is -1.07. The molecule has 0 rings (SSSR count). The van der Waals surface area contributed by atoms with Gasteiger partial charge in [0.15, 0.2) is 5.84 Å². The van der Waals surface area contributed by atoms with Crippen LogP contribution in [-0.2, 0) is 4.79 Å². The largest absolute Gasteiger partial charge is 0.409 e. The van der Waals surface area contributed by atoms with Crippen molar-refractivity contribution in [3.8, 4) is 0 Å². The number of hydrogen-bond acceptors (Lipinski definition) is 4. The Balaban J connectivity index is 4.70. The number of carbonyl (C=O) groups is 1. The van der Waals surface area contributed by atoms with Crippen molar-refractivity contribution in [3.05, 3.63) is 0 Å². The summed E-state index contributed by atoms with van der Waals surface area (Å²) in [4.78, 5) is 13.2. The summed E-state index contributed by atoms with van der Waals surface area (Å²) in [7, 11) is 1.56. The van der Waals surface area contributed by atoms with Crippen molar-refractivity contribution < 1.29 is 15.1 Å². The molecule has 0 spiro atoms. The summed E-state index contributed by atoms with van der Waals surface area (Å²) in [5.41, 5.74) is 4.34. The fourth-order valence-electron chi connectivity index (χ4n) is 1.19. The average molecular weight is 217 g/mol. The van der Waals surface area contributed by atoms with Crippen LogP contribution in [0.3, 0.4) is 0 Å². The third-order valence-electron chi connectivity index (χ3n) is 2.17. The lowest BCUT2D eigenvalue weighted by Gasteiger charge is -2.28. The first kappa shape index (κ1) is 13.7. The van der Waals surface area contributed by atoms with Gasteiger partial charge in [-0.2, -0.15) is 0 Å². The van der Waals surface area contributed by atoms with E-state index >= 15 is 0 Å². The van der Waals surface area contributed by atoms with Gasteiger partial charge in [0.25, 0.3) is 0 Å². The van der Waals surface area contributed by atoms with Crippen molar-refractivity contribution in [3.63, 3.8) is 0 Å². The molecule has 0 aromatic heterocycles. The van der Waals surface area contributed by atoms with E-state index < -0.39 is 11.5 Å². The number of nitrogens with zero attached hydrogens (tertiary/aromatic N) is 2. The van der Waals surface area contributed by atoms with Crippen LogP contribution in [0.15, 0.2) is 5.16 Å². The Morgan fingerprint density at radius 3 is 2.40 bits per heavy atom. The Labute approximate surface area is 89.4 Å². The maximum atomic E-state index is 11.8. The molecule has 0 aliphatic heterocycles. The molecule has 0 fully saturated rings. The lowest BCUT2D eigenvalue weighted by Crippen LogP contribution is -2.48. The highest BCUT2D eigenvalue weighted by Gasteiger charge is 2.35. The molecule has 0 aromatic rings. The molecule has 0 radical (unpaired) electrons. The first-order chi connectivity index (χ1) is 6.73. The normalized spacial score (nSPS) is 14.9. The molecule has 6 nitrogen and oxygen atoms in total. The Bertz CT molecular complexity index is 261. The minimum absolute atomic E-state index is 0.148. The third-order valence-corrected chi connectivity index (χ3v) is 2.17. The smallest absolute Gasteiger partial charge is 0.235 e. The van der Waals surface area contributed by atoms with E-state index in [9.17, 15) is 4.79 Å². The summed E-state index contributed by atoms with van der Waals surface area (Å²) in [5, 5.41) is 20.5. The van der Waals surface area contributed by atoms with Gasteiger partial charge in [-0.15, -0.1) is 0 Å². The first-order valence-electron chi connectivity index (χ1n) is 4.65. The van der Waals surface area contributed by atoms with Crippen LogP contribution < -0.4 is 5.73 Å². The van der Waals surface area contributed by atoms with Crippen LogP contribution in [0, 0.1) is 5.41 Å². The van der Waals surface area contributed by atoms with Crippen molar-refractivity contribution in [1.29, 1.82) is 0 Å². The van der Waals surface area contributed by atoms with Crippen molar-refractivity contribution >= 4 is 11.7 Å². The zero-order chi connectivity index (χ0) is 12.2. The Morgan fingerprint density at radius 1 is 1.60 bits per heavy atom. The van der Waals surface area contributed by atoms with Gasteiger partial charge < -0.3 is 20.9 Å². The standard InChI is InChI=1S/C9H19N3O3/c1-6(13)5-12(4)8(14)9(2,3)7(10)11-15/h6,13,15H,5H2,1-4H3,(H2,10,11). The second kappa shape index (κ2) is 4.97. The van der Waals surface area contributed by atoms with Gasteiger partial charge in [-0.05, 0) is 20.8 Å². The van der Waals surface area contributed by atoms with E-state index in [-0.39, 0.29) is 18.3 Å². The summed E-state index contributed by atoms with van der Waals surface area (Å²) < 4.78 is 0. The van der Waals surface area contributed by atoms with Crippen molar-refractivity contribution in [2.24, 2.45) is 16.3 Å². The van der Waals surface area contributed by atoms with E-state index in [1.54, 1.807) is 27.8 Å². The predicted octanol–water partition coefficient (Wildman–Crippen LogP) is -0.402. The Morgan fingerprint density at radius 2 is 2.07 bits per heavy atom. The summed E-state index contributed by atoms with van der Waals surface area (Å²) in [6.07, 6.45) is -0.609. The third kappa shape index (κ3) is 3.39. The first-order valence-corrected chi connectivity index (χ1v) is 4.65. The van der Waals surface area contributed by atoms with E-state index in [1.807, 2.05) is 0 Å². The van der Waals surface area contributed by atoms with Gasteiger partial charge in [0, 0.05) is 13.6 Å². The van der Waals surface area contributed by atoms with Crippen LogP contribution in [0.25, 0.3) is 0 Å². The maximum absolute atomic E-state index is 11.8. The molecule has 88 valence electrons. The van der Waals surface area contributed by atoms with Crippen molar-refractivity contribution in [2.75, 3.05) is 13.6 Å². The van der Waals surface area contributed by atoms with Crippen LogP contribution in [0.4, 0.5) is 0 Å². The molecular weight excluding hydrogens is 198 g/mol. The van der Waals surface area contributed by atoms with Gasteiger partial charge in [0.2, 0.25) is 5.91 Å². The molecule has 15 heavy (non-hydrogen) atoms. The summed E-state index contributed by atoms with van der Waals surface area (Å²) >= 11 is 0. The maximum Gasteiger partial charge on any atom is 0.235 e. The number of aliphatic hydroxyl groups excluding tert-OH is 1. The monoisotopic (exact) mass is 217 g/mol. The van der Waals surface area contributed by atoms with E-state index in [2.05, 4.69) is 5.16 Å². The Kier molecular flexibility index (Phi) is 4.54. The summed E-state index contributed by atoms with van der Waals surface area (Å²) in [6, 6.07) is 0. The molecule has 1 unspecified atom stereocenters. The average Bonchev–Trinajstić information content (AvgIpc) is 2.13. The second-order valence-electron chi connectivity index (χ2n) is 4.14. The number of nitrogens with two attached hydrogens (primary N) is 1. The number of oxime groups is 1. The molecule has 0 saturated heterocycles. The van der Waals surface area contributed by atoms with Gasteiger partial charge in [-0.1, -0.05) is 5.16 Å². The van der Waals surface area contributed by atoms with Crippen molar-refractivity contribution in [2.45, 2.75) is 26.9 Å². The predicted molar refractivity (Wildman–Crippen MR) is 56.5 cm³/mol. The zero-order valence-corrected chi connectivity index (χ0v) is 9.56. The molecule has 0 heterocycles. The van der Waals surface area contributed by atoms with Gasteiger partial charge in [-0.3, -0.25) is 4.79 Å². The second-order valence-corrected chi connectivity index (χ2v) is 4.14. The fourth-order valence-corrected chi connectivity index (χ4v) is 1.19. The van der Waals surface area contributed by atoms with Crippen LogP contribution in [-0.4, -0.2) is 46.7 Å². The molecule has 0 aliphatic carbocycles. The van der Waals surface area contributed by atoms with Crippen LogP contribution in [0.5, 0.6) is 0 Å².